The molecule has 0 radical (unpaired) electrons. The molecular formula is C12H12ClFN2OS2. The van der Waals surface area contributed by atoms with Crippen molar-refractivity contribution < 1.29 is 9.13 Å². The quantitative estimate of drug-likeness (QED) is 0.765. The molecule has 0 aliphatic heterocycles. The van der Waals surface area contributed by atoms with Gasteiger partial charge in [0.25, 0.3) is 5.19 Å². The predicted octanol–water partition coefficient (Wildman–Crippen LogP) is 4.41. The van der Waals surface area contributed by atoms with Crippen LogP contribution in [0.1, 0.15) is 19.4 Å². The molecule has 0 fully saturated rings. The average Bonchev–Trinajstić information content (AvgIpc) is 2.75. The fourth-order valence-corrected chi connectivity index (χ4v) is 3.46. The van der Waals surface area contributed by atoms with E-state index in [1.165, 1.54) is 29.2 Å². The molecule has 102 valence electrons. The fraction of sp³-hybridized carbons (Fsp3) is 0.333. The molecule has 0 aliphatic carbocycles. The molecule has 3 nitrogen and oxygen atoms in total. The van der Waals surface area contributed by atoms with Gasteiger partial charge in [-0.1, -0.05) is 34.5 Å². The first kappa shape index (κ1) is 14.6. The molecule has 19 heavy (non-hydrogen) atoms. The Morgan fingerprint density at radius 1 is 1.42 bits per heavy atom. The van der Waals surface area contributed by atoms with E-state index in [9.17, 15) is 4.39 Å². The van der Waals surface area contributed by atoms with E-state index in [4.69, 9.17) is 16.3 Å². The molecule has 2 aromatic rings. The average molecular weight is 319 g/mol. The van der Waals surface area contributed by atoms with Crippen molar-refractivity contribution in [3.63, 3.8) is 0 Å². The van der Waals surface area contributed by atoms with E-state index < -0.39 is 0 Å². The van der Waals surface area contributed by atoms with Gasteiger partial charge in [0.15, 0.2) is 4.34 Å². The van der Waals surface area contributed by atoms with Crippen molar-refractivity contribution in [1.29, 1.82) is 0 Å². The lowest BCUT2D eigenvalue weighted by atomic mass is 10.2. The van der Waals surface area contributed by atoms with E-state index in [2.05, 4.69) is 10.2 Å². The molecule has 0 spiro atoms. The van der Waals surface area contributed by atoms with Crippen molar-refractivity contribution in [3.8, 4) is 5.19 Å². The van der Waals surface area contributed by atoms with E-state index in [0.717, 1.165) is 4.34 Å². The fourth-order valence-electron chi connectivity index (χ4n) is 1.31. The number of halogens is 2. The van der Waals surface area contributed by atoms with E-state index in [1.807, 2.05) is 13.8 Å². The zero-order chi connectivity index (χ0) is 13.8. The zero-order valence-electron chi connectivity index (χ0n) is 10.4. The number of ether oxygens (including phenoxy) is 1. The van der Waals surface area contributed by atoms with Crippen LogP contribution in [-0.2, 0) is 5.75 Å². The standard InChI is InChI=1S/C12H12ClFN2OS2/c1-7(2)17-11-15-16-12(19-11)18-6-8-9(13)4-3-5-10(8)14/h3-5,7H,6H2,1-2H3. The largest absolute Gasteiger partial charge is 0.466 e. The van der Waals surface area contributed by atoms with Crippen LogP contribution in [0.5, 0.6) is 5.19 Å². The molecule has 0 unspecified atom stereocenters. The molecular weight excluding hydrogens is 307 g/mol. The van der Waals surface area contributed by atoms with Crippen LogP contribution in [0.3, 0.4) is 0 Å². The third kappa shape index (κ3) is 4.06. The van der Waals surface area contributed by atoms with Gasteiger partial charge in [0, 0.05) is 16.3 Å². The van der Waals surface area contributed by atoms with Gasteiger partial charge in [-0.25, -0.2) is 4.39 Å². The van der Waals surface area contributed by atoms with Crippen LogP contribution in [-0.4, -0.2) is 16.3 Å². The maximum absolute atomic E-state index is 13.6. The highest BCUT2D eigenvalue weighted by molar-refractivity contribution is 8.00. The smallest absolute Gasteiger partial charge is 0.295 e. The van der Waals surface area contributed by atoms with Crippen molar-refractivity contribution in [3.05, 3.63) is 34.6 Å². The summed E-state index contributed by atoms with van der Waals surface area (Å²) >= 11 is 8.69. The van der Waals surface area contributed by atoms with Crippen LogP contribution in [0.2, 0.25) is 5.02 Å². The first-order valence-corrected chi connectivity index (χ1v) is 7.80. The van der Waals surface area contributed by atoms with E-state index in [-0.39, 0.29) is 11.9 Å². The van der Waals surface area contributed by atoms with Crippen LogP contribution < -0.4 is 4.74 Å². The lowest BCUT2D eigenvalue weighted by molar-refractivity contribution is 0.239. The highest BCUT2D eigenvalue weighted by Gasteiger charge is 2.11. The van der Waals surface area contributed by atoms with E-state index in [0.29, 0.717) is 21.5 Å². The first-order chi connectivity index (χ1) is 9.06. The maximum atomic E-state index is 13.6. The Morgan fingerprint density at radius 3 is 2.89 bits per heavy atom. The van der Waals surface area contributed by atoms with Crippen LogP contribution in [0, 0.1) is 5.82 Å². The Hall–Kier alpha value is -0.850. The Morgan fingerprint density at radius 2 is 2.21 bits per heavy atom. The van der Waals surface area contributed by atoms with Crippen molar-refractivity contribution in [2.24, 2.45) is 0 Å². The maximum Gasteiger partial charge on any atom is 0.295 e. The summed E-state index contributed by atoms with van der Waals surface area (Å²) in [5.41, 5.74) is 0.482. The minimum Gasteiger partial charge on any atom is -0.466 e. The molecule has 1 heterocycles. The second-order valence-corrected chi connectivity index (χ2v) is 6.56. The summed E-state index contributed by atoms with van der Waals surface area (Å²) in [6, 6.07) is 4.66. The highest BCUT2D eigenvalue weighted by atomic mass is 35.5. The van der Waals surface area contributed by atoms with Crippen molar-refractivity contribution >= 4 is 34.7 Å². The number of benzene rings is 1. The lowest BCUT2D eigenvalue weighted by Crippen LogP contribution is -2.04. The second-order valence-electron chi connectivity index (χ2n) is 3.99. The summed E-state index contributed by atoms with van der Waals surface area (Å²) in [7, 11) is 0. The summed E-state index contributed by atoms with van der Waals surface area (Å²) < 4.78 is 19.7. The van der Waals surface area contributed by atoms with Gasteiger partial charge in [-0.15, -0.1) is 5.10 Å². The molecule has 0 aliphatic rings. The molecule has 0 N–H and O–H groups in total. The van der Waals surface area contributed by atoms with E-state index in [1.54, 1.807) is 12.1 Å². The summed E-state index contributed by atoms with van der Waals surface area (Å²) in [5.74, 6) is 0.116. The third-order valence-electron chi connectivity index (χ3n) is 2.13. The topological polar surface area (TPSA) is 35.0 Å². The SMILES string of the molecule is CC(C)Oc1nnc(SCc2c(F)cccc2Cl)s1. The Labute approximate surface area is 124 Å². The minimum absolute atomic E-state index is 0.0619. The molecule has 0 bridgehead atoms. The lowest BCUT2D eigenvalue weighted by Gasteiger charge is -2.04. The molecule has 0 saturated carbocycles. The number of aromatic nitrogens is 2. The predicted molar refractivity (Wildman–Crippen MR) is 76.6 cm³/mol. The zero-order valence-corrected chi connectivity index (χ0v) is 12.8. The van der Waals surface area contributed by atoms with Gasteiger partial charge in [-0.05, 0) is 37.3 Å². The van der Waals surface area contributed by atoms with Gasteiger partial charge < -0.3 is 4.74 Å². The molecule has 0 saturated heterocycles. The second kappa shape index (κ2) is 6.54. The van der Waals surface area contributed by atoms with Crippen molar-refractivity contribution in [1.82, 2.24) is 10.2 Å². The molecule has 0 atom stereocenters. The van der Waals surface area contributed by atoms with Crippen LogP contribution in [0.15, 0.2) is 22.5 Å². The highest BCUT2D eigenvalue weighted by Crippen LogP contribution is 2.32. The molecule has 1 aromatic carbocycles. The van der Waals surface area contributed by atoms with Gasteiger partial charge in [0.1, 0.15) is 5.82 Å². The van der Waals surface area contributed by atoms with Gasteiger partial charge in [-0.2, -0.15) is 0 Å². The van der Waals surface area contributed by atoms with Crippen LogP contribution >= 0.6 is 34.7 Å². The number of hydrogen-bond donors (Lipinski definition) is 0. The molecule has 1 aromatic heterocycles. The third-order valence-corrected chi connectivity index (χ3v) is 4.45. The number of nitrogens with zero attached hydrogens (tertiary/aromatic N) is 2. The molecule has 2 rings (SSSR count). The first-order valence-electron chi connectivity index (χ1n) is 5.62. The van der Waals surface area contributed by atoms with Crippen LogP contribution in [0.4, 0.5) is 4.39 Å². The van der Waals surface area contributed by atoms with Crippen LogP contribution in [0.25, 0.3) is 0 Å². The van der Waals surface area contributed by atoms with E-state index >= 15 is 0 Å². The summed E-state index contributed by atoms with van der Waals surface area (Å²) in [5, 5.41) is 8.85. The monoisotopic (exact) mass is 318 g/mol. The Kier molecular flexibility index (Phi) is 5.01. The normalized spacial score (nSPS) is 11.0. The van der Waals surface area contributed by atoms with Gasteiger partial charge in [-0.3, -0.25) is 0 Å². The molecule has 0 amide bonds. The number of rotatable bonds is 5. The number of hydrogen-bond acceptors (Lipinski definition) is 5. The van der Waals surface area contributed by atoms with Gasteiger partial charge >= 0.3 is 0 Å². The van der Waals surface area contributed by atoms with Crippen molar-refractivity contribution in [2.75, 3.05) is 0 Å². The molecule has 7 heteroatoms. The summed E-state index contributed by atoms with van der Waals surface area (Å²) in [6.45, 7) is 3.85. The minimum atomic E-state index is -0.303. The van der Waals surface area contributed by atoms with Gasteiger partial charge in [0.2, 0.25) is 0 Å². The summed E-state index contributed by atoms with van der Waals surface area (Å²) in [4.78, 5) is 0. The number of thioether (sulfide) groups is 1. The van der Waals surface area contributed by atoms with Crippen molar-refractivity contribution in [2.45, 2.75) is 30.0 Å². The Bertz CT molecular complexity index is 542. The van der Waals surface area contributed by atoms with Gasteiger partial charge in [0.05, 0.1) is 6.10 Å². The summed E-state index contributed by atoms with van der Waals surface area (Å²) in [6.07, 6.45) is 0.0619. The Balaban J connectivity index is 2.01.